The van der Waals surface area contributed by atoms with Gasteiger partial charge in [0.05, 0.1) is 5.56 Å². The second-order valence-corrected chi connectivity index (χ2v) is 6.24. The van der Waals surface area contributed by atoms with Crippen LogP contribution in [0.1, 0.15) is 37.7 Å². The van der Waals surface area contributed by atoms with Crippen LogP contribution in [0.15, 0.2) is 24.3 Å². The molecule has 4 nitrogen and oxygen atoms in total. The van der Waals surface area contributed by atoms with Crippen LogP contribution < -0.4 is 10.1 Å². The number of nitrogens with zero attached hydrogens (tertiary/aromatic N) is 2. The Morgan fingerprint density at radius 1 is 1.10 bits per heavy atom. The van der Waals surface area contributed by atoms with Crippen LogP contribution in [0.3, 0.4) is 0 Å². The number of nitrogens with one attached hydrogen (secondary N) is 1. The van der Waals surface area contributed by atoms with Crippen molar-refractivity contribution in [1.82, 2.24) is 9.97 Å². The molecule has 1 N–H and O–H groups in total. The summed E-state index contributed by atoms with van der Waals surface area (Å²) in [6.45, 7) is 10.3. The largest absolute Gasteiger partial charge is 0.439 e. The third-order valence-corrected chi connectivity index (χ3v) is 3.21. The van der Waals surface area contributed by atoms with Crippen LogP contribution in [0.2, 0.25) is 0 Å². The Labute approximate surface area is 126 Å². The number of anilines is 1. The van der Waals surface area contributed by atoms with Gasteiger partial charge in [0.2, 0.25) is 5.88 Å². The monoisotopic (exact) mass is 285 g/mol. The molecule has 112 valence electrons. The molecule has 0 bridgehead atoms. The minimum absolute atomic E-state index is 0.135. The molecule has 0 aliphatic rings. The van der Waals surface area contributed by atoms with Crippen molar-refractivity contribution in [3.05, 3.63) is 41.2 Å². The molecule has 0 spiro atoms. The molecule has 1 aromatic carbocycles. The molecular weight excluding hydrogens is 262 g/mol. The van der Waals surface area contributed by atoms with Crippen LogP contribution in [-0.4, -0.2) is 17.0 Å². The number of hydrogen-bond acceptors (Lipinski definition) is 4. The molecule has 1 heterocycles. The first-order valence-electron chi connectivity index (χ1n) is 7.12. The zero-order valence-corrected chi connectivity index (χ0v) is 13.6. The van der Waals surface area contributed by atoms with Crippen LogP contribution in [0.4, 0.5) is 5.82 Å². The van der Waals surface area contributed by atoms with E-state index in [0.717, 1.165) is 28.5 Å². The molecule has 0 fully saturated rings. The lowest BCUT2D eigenvalue weighted by Gasteiger charge is -2.20. The van der Waals surface area contributed by atoms with Crippen molar-refractivity contribution < 1.29 is 4.74 Å². The zero-order valence-electron chi connectivity index (χ0n) is 13.6. The molecule has 0 saturated carbocycles. The van der Waals surface area contributed by atoms with E-state index >= 15 is 0 Å². The van der Waals surface area contributed by atoms with E-state index < -0.39 is 0 Å². The van der Waals surface area contributed by atoms with Crippen LogP contribution in [-0.2, 0) is 5.41 Å². The molecule has 0 saturated heterocycles. The topological polar surface area (TPSA) is 47.0 Å². The van der Waals surface area contributed by atoms with Gasteiger partial charge in [0.25, 0.3) is 0 Å². The minimum atomic E-state index is -0.135. The summed E-state index contributed by atoms with van der Waals surface area (Å²) in [4.78, 5) is 9.18. The Hall–Kier alpha value is -2.10. The molecule has 0 radical (unpaired) electrons. The number of aromatic nitrogens is 2. The highest BCUT2D eigenvalue weighted by Crippen LogP contribution is 2.30. The van der Waals surface area contributed by atoms with E-state index in [9.17, 15) is 0 Å². The van der Waals surface area contributed by atoms with E-state index in [0.29, 0.717) is 5.88 Å². The predicted molar refractivity (Wildman–Crippen MR) is 86.3 cm³/mol. The van der Waals surface area contributed by atoms with Gasteiger partial charge in [0, 0.05) is 12.5 Å². The number of hydrogen-bond donors (Lipinski definition) is 1. The lowest BCUT2D eigenvalue weighted by atomic mass is 9.95. The summed E-state index contributed by atoms with van der Waals surface area (Å²) in [5, 5.41) is 3.11. The third kappa shape index (κ3) is 3.51. The summed E-state index contributed by atoms with van der Waals surface area (Å²) in [5.41, 5.74) is 1.93. The molecule has 2 rings (SSSR count). The first-order valence-corrected chi connectivity index (χ1v) is 7.12. The van der Waals surface area contributed by atoms with Gasteiger partial charge in [0.15, 0.2) is 0 Å². The van der Waals surface area contributed by atoms with Crippen molar-refractivity contribution in [1.29, 1.82) is 0 Å². The lowest BCUT2D eigenvalue weighted by Crippen LogP contribution is -2.18. The average Bonchev–Trinajstić information content (AvgIpc) is 2.40. The summed E-state index contributed by atoms with van der Waals surface area (Å²) in [6.07, 6.45) is 0. The van der Waals surface area contributed by atoms with Crippen LogP contribution >= 0.6 is 0 Å². The van der Waals surface area contributed by atoms with Gasteiger partial charge < -0.3 is 10.1 Å². The smallest absolute Gasteiger partial charge is 0.227 e. The Morgan fingerprint density at radius 2 is 1.81 bits per heavy atom. The molecule has 0 unspecified atom stereocenters. The minimum Gasteiger partial charge on any atom is -0.439 e. The standard InChI is InChI=1S/C17H23N3O/c1-11-8-7-9-13(10-11)21-15-12(2)14(18-6)19-16(20-15)17(3,4)5/h7-10H,1-6H3,(H,18,19,20). The molecule has 4 heteroatoms. The summed E-state index contributed by atoms with van der Waals surface area (Å²) in [6, 6.07) is 7.95. The highest BCUT2D eigenvalue weighted by molar-refractivity contribution is 5.49. The second kappa shape index (κ2) is 5.72. The Kier molecular flexibility index (Phi) is 4.16. The Bertz CT molecular complexity index is 645. The summed E-state index contributed by atoms with van der Waals surface area (Å²) in [7, 11) is 1.86. The number of rotatable bonds is 3. The van der Waals surface area contributed by atoms with Gasteiger partial charge in [-0.1, -0.05) is 32.9 Å². The SMILES string of the molecule is CNc1nc(C(C)(C)C)nc(Oc2cccc(C)c2)c1C. The van der Waals surface area contributed by atoms with Gasteiger partial charge in [0.1, 0.15) is 17.4 Å². The normalized spacial score (nSPS) is 11.3. The maximum Gasteiger partial charge on any atom is 0.227 e. The molecule has 0 amide bonds. The fourth-order valence-corrected chi connectivity index (χ4v) is 1.96. The number of aryl methyl sites for hydroxylation is 1. The van der Waals surface area contributed by atoms with Gasteiger partial charge in [-0.3, -0.25) is 0 Å². The van der Waals surface area contributed by atoms with Crippen molar-refractivity contribution in [2.75, 3.05) is 12.4 Å². The van der Waals surface area contributed by atoms with Crippen LogP contribution in [0.5, 0.6) is 11.6 Å². The first kappa shape index (κ1) is 15.3. The molecule has 2 aromatic rings. The summed E-state index contributed by atoms with van der Waals surface area (Å²) < 4.78 is 5.98. The van der Waals surface area contributed by atoms with Crippen molar-refractivity contribution in [3.8, 4) is 11.6 Å². The van der Waals surface area contributed by atoms with Gasteiger partial charge in [-0.2, -0.15) is 4.98 Å². The average molecular weight is 285 g/mol. The summed E-state index contributed by atoms with van der Waals surface area (Å²) >= 11 is 0. The van der Waals surface area contributed by atoms with E-state index in [2.05, 4.69) is 36.1 Å². The molecule has 0 atom stereocenters. The van der Waals surface area contributed by atoms with E-state index in [1.807, 2.05) is 45.2 Å². The Morgan fingerprint density at radius 3 is 2.38 bits per heavy atom. The quantitative estimate of drug-likeness (QED) is 0.917. The van der Waals surface area contributed by atoms with E-state index in [1.54, 1.807) is 0 Å². The maximum atomic E-state index is 5.98. The van der Waals surface area contributed by atoms with Crippen molar-refractivity contribution in [2.45, 2.75) is 40.0 Å². The van der Waals surface area contributed by atoms with Crippen LogP contribution in [0.25, 0.3) is 0 Å². The molecule has 0 aliphatic heterocycles. The van der Waals surface area contributed by atoms with Crippen molar-refractivity contribution >= 4 is 5.82 Å². The second-order valence-electron chi connectivity index (χ2n) is 6.24. The first-order chi connectivity index (χ1) is 9.81. The zero-order chi connectivity index (χ0) is 15.6. The highest BCUT2D eigenvalue weighted by atomic mass is 16.5. The number of ether oxygens (including phenoxy) is 1. The maximum absolute atomic E-state index is 5.98. The Balaban J connectivity index is 2.47. The van der Waals surface area contributed by atoms with Gasteiger partial charge in [-0.05, 0) is 31.5 Å². The fraction of sp³-hybridized carbons (Fsp3) is 0.412. The number of benzene rings is 1. The highest BCUT2D eigenvalue weighted by Gasteiger charge is 2.21. The van der Waals surface area contributed by atoms with Gasteiger partial charge in [-0.15, -0.1) is 0 Å². The van der Waals surface area contributed by atoms with Crippen molar-refractivity contribution in [3.63, 3.8) is 0 Å². The van der Waals surface area contributed by atoms with Gasteiger partial charge in [-0.25, -0.2) is 4.98 Å². The lowest BCUT2D eigenvalue weighted by molar-refractivity contribution is 0.442. The molecule has 21 heavy (non-hydrogen) atoms. The van der Waals surface area contributed by atoms with Crippen LogP contribution in [0, 0.1) is 13.8 Å². The predicted octanol–water partition coefficient (Wildman–Crippen LogP) is 4.22. The fourth-order valence-electron chi connectivity index (χ4n) is 1.96. The van der Waals surface area contributed by atoms with E-state index in [1.165, 1.54) is 0 Å². The van der Waals surface area contributed by atoms with Gasteiger partial charge >= 0.3 is 0 Å². The van der Waals surface area contributed by atoms with E-state index in [-0.39, 0.29) is 5.41 Å². The molecule has 0 aliphatic carbocycles. The van der Waals surface area contributed by atoms with Crippen molar-refractivity contribution in [2.24, 2.45) is 0 Å². The molecular formula is C17H23N3O. The molecule has 1 aromatic heterocycles. The third-order valence-electron chi connectivity index (χ3n) is 3.21. The summed E-state index contributed by atoms with van der Waals surface area (Å²) in [5.74, 6) is 2.96. The van der Waals surface area contributed by atoms with E-state index in [4.69, 9.17) is 4.74 Å².